The van der Waals surface area contributed by atoms with Crippen molar-refractivity contribution in [2.45, 2.75) is 110 Å². The number of aromatic amines is 1. The van der Waals surface area contributed by atoms with E-state index in [-0.39, 0.29) is 73.5 Å². The number of imidazole rings is 2. The van der Waals surface area contributed by atoms with Crippen LogP contribution in [0.1, 0.15) is 72.7 Å². The third kappa shape index (κ3) is 14.2. The van der Waals surface area contributed by atoms with E-state index in [9.17, 15) is 33.7 Å². The summed E-state index contributed by atoms with van der Waals surface area (Å²) in [7, 11) is -6.51. The Labute approximate surface area is 476 Å². The number of hydrogen-bond acceptors (Lipinski definition) is 22. The molecule has 10 atom stereocenters. The zero-order valence-corrected chi connectivity index (χ0v) is 48.8. The molecule has 27 heteroatoms. The van der Waals surface area contributed by atoms with Gasteiger partial charge in [-0.1, -0.05) is 86.6 Å². The highest BCUT2D eigenvalue weighted by Gasteiger charge is 2.42. The quantitative estimate of drug-likeness (QED) is 0.0389. The molecule has 0 radical (unpaired) electrons. The summed E-state index contributed by atoms with van der Waals surface area (Å²) < 4.78 is 83.6. The Kier molecular flexibility index (Phi) is 18.6. The molecule has 83 heavy (non-hydrogen) atoms. The number of hydrogen-bond donors (Lipinski definition) is 4. The lowest BCUT2D eigenvalue weighted by molar-refractivity contribution is -0.152. The molecule has 2 saturated heterocycles. The zero-order chi connectivity index (χ0) is 59.3. The fraction of sp³-hybridized carbons (Fsp3) is 0.429. The number of aliphatic hydroxyl groups is 2. The molecule has 8 aromatic rings. The second-order valence-electron chi connectivity index (χ2n) is 20.8. The Morgan fingerprint density at radius 3 is 1.59 bits per heavy atom. The Hall–Kier alpha value is -7.34. The molecular formula is C56H67N9O16P2. The van der Waals surface area contributed by atoms with Gasteiger partial charge in [0.1, 0.15) is 42.0 Å². The van der Waals surface area contributed by atoms with Crippen LogP contribution in [0.15, 0.2) is 102 Å². The normalized spacial score (nSPS) is 21.1. The number of carbonyl (C=O) groups excluding carboxylic acids is 2. The van der Waals surface area contributed by atoms with Crippen LogP contribution >= 0.6 is 15.2 Å². The lowest BCUT2D eigenvalue weighted by Crippen LogP contribution is -2.28. The number of H-pyrrole nitrogens is 1. The van der Waals surface area contributed by atoms with Crippen molar-refractivity contribution in [3.8, 4) is 17.4 Å². The Morgan fingerprint density at radius 1 is 0.675 bits per heavy atom. The van der Waals surface area contributed by atoms with Crippen molar-refractivity contribution in [3.63, 3.8) is 0 Å². The first-order valence-corrected chi connectivity index (χ1v) is 30.4. The molecule has 2 fully saturated rings. The second kappa shape index (κ2) is 25.7. The fourth-order valence-corrected chi connectivity index (χ4v) is 13.3. The Balaban J connectivity index is 0.000000200. The van der Waals surface area contributed by atoms with E-state index < -0.39 is 75.8 Å². The second-order valence-corrected chi connectivity index (χ2v) is 24.9. The molecule has 0 spiro atoms. The highest BCUT2D eigenvalue weighted by atomic mass is 31.2. The number of anilines is 1. The van der Waals surface area contributed by atoms with Crippen molar-refractivity contribution in [1.82, 2.24) is 39.0 Å². The van der Waals surface area contributed by atoms with Gasteiger partial charge in [0, 0.05) is 23.6 Å². The van der Waals surface area contributed by atoms with E-state index in [1.165, 1.54) is 19.8 Å². The summed E-state index contributed by atoms with van der Waals surface area (Å²) in [6.07, 6.45) is -2.92. The van der Waals surface area contributed by atoms with Gasteiger partial charge in [0.15, 0.2) is 22.3 Å². The summed E-state index contributed by atoms with van der Waals surface area (Å²) in [6, 6.07) is 25.7. The molecule has 0 aliphatic carbocycles. The minimum absolute atomic E-state index is 0.00355. The first-order chi connectivity index (χ1) is 39.6. The molecule has 2 aliphatic rings. The summed E-state index contributed by atoms with van der Waals surface area (Å²) in [5.74, 6) is -1.29. The molecule has 0 amide bonds. The number of methoxy groups -OCH3 is 1. The van der Waals surface area contributed by atoms with Crippen molar-refractivity contribution < 1.29 is 70.7 Å². The Morgan fingerprint density at radius 2 is 1.12 bits per heavy atom. The summed E-state index contributed by atoms with van der Waals surface area (Å²) in [5, 5.41) is 24.9. The number of esters is 2. The average Bonchev–Trinajstić information content (AvgIpc) is 4.23. The van der Waals surface area contributed by atoms with Crippen LogP contribution in [0.4, 0.5) is 5.95 Å². The lowest BCUT2D eigenvalue weighted by Gasteiger charge is -2.25. The van der Waals surface area contributed by atoms with Gasteiger partial charge < -0.3 is 53.7 Å². The summed E-state index contributed by atoms with van der Waals surface area (Å²) in [4.78, 5) is 61.1. The molecule has 4 aromatic heterocycles. The number of rotatable bonds is 21. The monoisotopic (exact) mass is 1180 g/mol. The predicted molar refractivity (Wildman–Crippen MR) is 305 cm³/mol. The number of carbonyl (C=O) groups is 2. The van der Waals surface area contributed by atoms with E-state index in [4.69, 9.17) is 47.5 Å². The molecular weight excluding hydrogens is 1120 g/mol. The topological polar surface area (TPSA) is 325 Å². The standard InChI is InChI=1S/C28H34N5O8P.C28H33N4O8P/c1-16(2)39-27(35)17(3)14-42(36,41-21-11-7-9-18-8-5-6-10-19(18)21)38-13-22-20(34)12-23(40-22)33-15-30-24-25(33)31-28(29)32-26(24)37-4;1-16(2)38-28(35)17(3)14-41(36,40-22-11-7-9-19-8-5-6-10-20(19)22)37-13-23-21(33)12-24(39-23)32-15-29-25-26(32)30-18(4)31-27(25)34/h5-11,15-17,20,22-23,34H,12-14H2,1-4H3,(H2,29,31,32);5-11,15-17,21,23-24,33H,12-14H2,1-4H3,(H,30,31,34)/t17-,20?,22-,23-,42?;17-,21?,23-,24-,41?/m11/s1. The minimum Gasteiger partial charge on any atom is -0.479 e. The maximum Gasteiger partial charge on any atom is 0.380 e. The zero-order valence-electron chi connectivity index (χ0n) is 47.0. The minimum atomic E-state index is -3.98. The van der Waals surface area contributed by atoms with Crippen molar-refractivity contribution in [1.29, 1.82) is 0 Å². The SMILES string of the molecule is COc1nc(N)nc2c1ncn2[C@H]1CC(O)[C@@H](COP(=O)(C[C@@H](C)C(=O)OC(C)C)Oc2cccc3ccccc23)O1.Cc1nc2c(ncn2[C@H]2CC(O)[C@@H](COP(=O)(C[C@@H](C)C(=O)OC(C)C)Oc3cccc4ccccc34)O2)c(=O)[nH]1. The first-order valence-electron chi connectivity index (χ1n) is 27.0. The highest BCUT2D eigenvalue weighted by molar-refractivity contribution is 7.54. The van der Waals surface area contributed by atoms with E-state index >= 15 is 0 Å². The Bertz CT molecular complexity index is 3770. The summed E-state index contributed by atoms with van der Waals surface area (Å²) in [5.41, 5.74) is 6.70. The van der Waals surface area contributed by atoms with Crippen LogP contribution in [0.2, 0.25) is 0 Å². The van der Waals surface area contributed by atoms with Gasteiger partial charge in [0.05, 0.1) is 81.6 Å². The van der Waals surface area contributed by atoms with Crippen molar-refractivity contribution >= 4 is 77.0 Å². The smallest absolute Gasteiger partial charge is 0.380 e. The molecule has 5 N–H and O–H groups in total. The average molecular weight is 1180 g/mol. The third-order valence-corrected chi connectivity index (χ3v) is 17.6. The molecule has 25 nitrogen and oxygen atoms in total. The van der Waals surface area contributed by atoms with Gasteiger partial charge in [-0.25, -0.2) is 24.1 Å². The third-order valence-electron chi connectivity index (χ3n) is 13.5. The number of aliphatic hydroxyl groups excluding tert-OH is 2. The van der Waals surface area contributed by atoms with E-state index in [2.05, 4.69) is 29.9 Å². The molecule has 2 aliphatic heterocycles. The van der Waals surface area contributed by atoms with Gasteiger partial charge in [-0.2, -0.15) is 9.97 Å². The number of fused-ring (bicyclic) bond motifs is 4. The van der Waals surface area contributed by atoms with Crippen LogP contribution in [0, 0.1) is 18.8 Å². The van der Waals surface area contributed by atoms with Gasteiger partial charge in [-0.3, -0.25) is 32.6 Å². The van der Waals surface area contributed by atoms with Crippen molar-refractivity contribution in [3.05, 3.63) is 114 Å². The summed E-state index contributed by atoms with van der Waals surface area (Å²) >= 11 is 0. The number of nitrogen functional groups attached to an aromatic ring is 1. The van der Waals surface area contributed by atoms with Crippen LogP contribution in [0.5, 0.6) is 17.4 Å². The van der Waals surface area contributed by atoms with Crippen molar-refractivity contribution in [2.75, 3.05) is 38.4 Å². The molecule has 0 saturated carbocycles. The number of benzene rings is 4. The largest absolute Gasteiger partial charge is 0.479 e. The van der Waals surface area contributed by atoms with E-state index in [0.29, 0.717) is 34.1 Å². The predicted octanol–water partition coefficient (Wildman–Crippen LogP) is 8.20. The molecule has 10 rings (SSSR count). The van der Waals surface area contributed by atoms with Crippen molar-refractivity contribution in [2.24, 2.45) is 11.8 Å². The van der Waals surface area contributed by atoms with Gasteiger partial charge in [0.2, 0.25) is 11.8 Å². The molecule has 442 valence electrons. The molecule has 4 aromatic carbocycles. The molecule has 0 bridgehead atoms. The van der Waals surface area contributed by atoms with Crippen LogP contribution in [-0.2, 0) is 46.7 Å². The highest BCUT2D eigenvalue weighted by Crippen LogP contribution is 2.53. The number of nitrogens with zero attached hydrogens (tertiary/aromatic N) is 7. The summed E-state index contributed by atoms with van der Waals surface area (Å²) in [6.45, 7) is 11.3. The lowest BCUT2D eigenvalue weighted by atomic mass is 10.1. The molecule has 4 unspecified atom stereocenters. The number of nitrogens with two attached hydrogens (primary N) is 1. The number of aryl methyl sites for hydroxylation is 1. The maximum atomic E-state index is 14.2. The van der Waals surface area contributed by atoms with Crippen LogP contribution in [0.25, 0.3) is 43.9 Å². The number of ether oxygens (including phenoxy) is 5. The van der Waals surface area contributed by atoms with Gasteiger partial charge >= 0.3 is 27.1 Å². The van der Waals surface area contributed by atoms with Gasteiger partial charge in [0.25, 0.3) is 5.56 Å². The van der Waals surface area contributed by atoms with E-state index in [0.717, 1.165) is 21.5 Å². The number of nitrogens with one attached hydrogen (secondary N) is 1. The van der Waals surface area contributed by atoms with Gasteiger partial charge in [-0.05, 0) is 57.5 Å². The first kappa shape index (κ1) is 60.3. The van der Waals surface area contributed by atoms with E-state index in [1.54, 1.807) is 81.9 Å². The molecule has 6 heterocycles. The van der Waals surface area contributed by atoms with Crippen LogP contribution in [0.3, 0.4) is 0 Å². The fourth-order valence-electron chi connectivity index (χ4n) is 9.55. The maximum absolute atomic E-state index is 14.2. The van der Waals surface area contributed by atoms with Gasteiger partial charge in [-0.15, -0.1) is 0 Å². The van der Waals surface area contributed by atoms with Crippen LogP contribution in [-0.4, -0.2) is 130 Å². The van der Waals surface area contributed by atoms with Crippen LogP contribution < -0.4 is 25.1 Å². The number of aromatic nitrogens is 8. The van der Waals surface area contributed by atoms with E-state index in [1.807, 2.05) is 60.7 Å².